The second-order valence-corrected chi connectivity index (χ2v) is 4.20. The van der Waals surface area contributed by atoms with Gasteiger partial charge in [-0.1, -0.05) is 6.07 Å². The highest BCUT2D eigenvalue weighted by atomic mass is 19.4. The highest BCUT2D eigenvalue weighted by molar-refractivity contribution is 5.39. The molecule has 0 aliphatic rings. The summed E-state index contributed by atoms with van der Waals surface area (Å²) in [5.74, 6) is -0.0331. The third-order valence-electron chi connectivity index (χ3n) is 2.60. The summed E-state index contributed by atoms with van der Waals surface area (Å²) in [5, 5.41) is 10.6. The van der Waals surface area contributed by atoms with Gasteiger partial charge in [-0.25, -0.2) is 4.98 Å². The predicted octanol–water partition coefficient (Wildman–Crippen LogP) is 4.11. The fraction of sp³-hybridized carbons (Fsp3) is 0.154. The Bertz CT molecular complexity index is 687. The molecule has 0 saturated carbocycles. The number of hydrogen-bond acceptors (Lipinski definition) is 4. The minimum absolute atomic E-state index is 0.0138. The van der Waals surface area contributed by atoms with E-state index in [0.29, 0.717) is 5.56 Å². The fourth-order valence-electron chi connectivity index (χ4n) is 1.60. The number of hydrogen-bond donors (Lipinski definition) is 0. The standard InChI is InChI=1S/C13H9F3N2O3/c1-8-5-10(18(19)20)7-17-12(8)21-11-4-2-3-9(6-11)13(14,15)16/h2-7H,1H3. The van der Waals surface area contributed by atoms with Gasteiger partial charge >= 0.3 is 6.18 Å². The Kier molecular flexibility index (Phi) is 3.79. The molecule has 110 valence electrons. The summed E-state index contributed by atoms with van der Waals surface area (Å²) in [6.07, 6.45) is -3.49. The highest BCUT2D eigenvalue weighted by Crippen LogP contribution is 2.33. The number of rotatable bonds is 3. The number of halogens is 3. The lowest BCUT2D eigenvalue weighted by molar-refractivity contribution is -0.385. The van der Waals surface area contributed by atoms with Crippen molar-refractivity contribution in [1.82, 2.24) is 4.98 Å². The number of ether oxygens (including phenoxy) is 1. The first-order chi connectivity index (χ1) is 9.77. The van der Waals surface area contributed by atoms with Crippen molar-refractivity contribution in [2.75, 3.05) is 0 Å². The summed E-state index contributed by atoms with van der Waals surface area (Å²) >= 11 is 0. The second kappa shape index (κ2) is 5.39. The summed E-state index contributed by atoms with van der Waals surface area (Å²) in [5.41, 5.74) is -0.718. The number of pyridine rings is 1. The SMILES string of the molecule is Cc1cc([N+](=O)[O-])cnc1Oc1cccc(C(F)(F)F)c1. The number of alkyl halides is 3. The zero-order valence-corrected chi connectivity index (χ0v) is 10.7. The molecule has 0 bridgehead atoms. The lowest BCUT2D eigenvalue weighted by atomic mass is 10.2. The van der Waals surface area contributed by atoms with Gasteiger partial charge in [-0.2, -0.15) is 13.2 Å². The fourth-order valence-corrected chi connectivity index (χ4v) is 1.60. The summed E-state index contributed by atoms with van der Waals surface area (Å²) in [7, 11) is 0. The smallest absolute Gasteiger partial charge is 0.416 e. The molecular weight excluding hydrogens is 289 g/mol. The van der Waals surface area contributed by atoms with Crippen LogP contribution in [0.2, 0.25) is 0 Å². The van der Waals surface area contributed by atoms with E-state index in [4.69, 9.17) is 4.74 Å². The topological polar surface area (TPSA) is 65.3 Å². The van der Waals surface area contributed by atoms with E-state index in [0.717, 1.165) is 18.3 Å². The van der Waals surface area contributed by atoms with Crippen LogP contribution >= 0.6 is 0 Å². The largest absolute Gasteiger partial charge is 0.439 e. The van der Waals surface area contributed by atoms with Gasteiger partial charge in [0.25, 0.3) is 5.69 Å². The molecule has 5 nitrogen and oxygen atoms in total. The number of benzene rings is 1. The van der Waals surface area contributed by atoms with E-state index >= 15 is 0 Å². The molecule has 2 rings (SSSR count). The monoisotopic (exact) mass is 298 g/mol. The molecule has 0 N–H and O–H groups in total. The van der Waals surface area contributed by atoms with E-state index in [-0.39, 0.29) is 17.3 Å². The van der Waals surface area contributed by atoms with E-state index in [2.05, 4.69) is 4.98 Å². The summed E-state index contributed by atoms with van der Waals surface area (Å²) in [4.78, 5) is 13.7. The molecule has 0 aliphatic heterocycles. The molecule has 0 aliphatic carbocycles. The van der Waals surface area contributed by atoms with E-state index in [1.165, 1.54) is 25.1 Å². The zero-order chi connectivity index (χ0) is 15.6. The van der Waals surface area contributed by atoms with Crippen molar-refractivity contribution in [3.63, 3.8) is 0 Å². The molecule has 0 unspecified atom stereocenters. The van der Waals surface area contributed by atoms with Gasteiger partial charge in [0.1, 0.15) is 11.9 Å². The Hall–Kier alpha value is -2.64. The first-order valence-electron chi connectivity index (χ1n) is 5.73. The molecule has 0 fully saturated rings. The van der Waals surface area contributed by atoms with Crippen LogP contribution in [0.1, 0.15) is 11.1 Å². The first kappa shape index (κ1) is 14.8. The zero-order valence-electron chi connectivity index (χ0n) is 10.7. The summed E-state index contributed by atoms with van der Waals surface area (Å²) in [6, 6.07) is 5.54. The Morgan fingerprint density at radius 1 is 1.29 bits per heavy atom. The maximum absolute atomic E-state index is 12.6. The highest BCUT2D eigenvalue weighted by Gasteiger charge is 2.30. The van der Waals surface area contributed by atoms with Crippen molar-refractivity contribution in [1.29, 1.82) is 0 Å². The Labute approximate surface area is 117 Å². The maximum Gasteiger partial charge on any atom is 0.416 e. The lowest BCUT2D eigenvalue weighted by Gasteiger charge is -2.10. The van der Waals surface area contributed by atoms with Crippen LogP contribution in [0.15, 0.2) is 36.5 Å². The van der Waals surface area contributed by atoms with Gasteiger partial charge < -0.3 is 4.74 Å². The van der Waals surface area contributed by atoms with Crippen LogP contribution in [0.5, 0.6) is 11.6 Å². The minimum atomic E-state index is -4.47. The molecule has 2 aromatic rings. The normalized spacial score (nSPS) is 11.2. The Balaban J connectivity index is 2.28. The molecule has 0 atom stereocenters. The van der Waals surface area contributed by atoms with Gasteiger partial charge in [0.15, 0.2) is 0 Å². The number of aryl methyl sites for hydroxylation is 1. The second-order valence-electron chi connectivity index (χ2n) is 4.20. The lowest BCUT2D eigenvalue weighted by Crippen LogP contribution is -2.04. The molecule has 0 saturated heterocycles. The third kappa shape index (κ3) is 3.47. The van der Waals surface area contributed by atoms with Crippen LogP contribution < -0.4 is 4.74 Å². The van der Waals surface area contributed by atoms with Crippen LogP contribution in [0.25, 0.3) is 0 Å². The predicted molar refractivity (Wildman–Crippen MR) is 67.1 cm³/mol. The molecule has 0 spiro atoms. The van der Waals surface area contributed by atoms with Gasteiger partial charge in [0.2, 0.25) is 5.88 Å². The molecule has 1 aromatic heterocycles. The summed E-state index contributed by atoms with van der Waals surface area (Å²) in [6.45, 7) is 1.52. The van der Waals surface area contributed by atoms with Crippen molar-refractivity contribution >= 4 is 5.69 Å². The maximum atomic E-state index is 12.6. The van der Waals surface area contributed by atoms with Gasteiger partial charge in [-0.3, -0.25) is 10.1 Å². The average Bonchev–Trinajstić information content (AvgIpc) is 2.40. The molecule has 21 heavy (non-hydrogen) atoms. The van der Waals surface area contributed by atoms with Crippen LogP contribution in [0, 0.1) is 17.0 Å². The number of nitro groups is 1. The first-order valence-corrected chi connectivity index (χ1v) is 5.73. The Morgan fingerprint density at radius 3 is 2.57 bits per heavy atom. The molecule has 0 amide bonds. The van der Waals surface area contributed by atoms with Gasteiger partial charge in [0, 0.05) is 11.6 Å². The average molecular weight is 298 g/mol. The third-order valence-corrected chi connectivity index (χ3v) is 2.60. The number of nitrogens with zero attached hydrogens (tertiary/aromatic N) is 2. The molecule has 1 heterocycles. The van der Waals surface area contributed by atoms with E-state index in [1.807, 2.05) is 0 Å². The Morgan fingerprint density at radius 2 is 2.00 bits per heavy atom. The van der Waals surface area contributed by atoms with Gasteiger partial charge in [-0.15, -0.1) is 0 Å². The van der Waals surface area contributed by atoms with Gasteiger partial charge in [-0.05, 0) is 25.1 Å². The molecule has 8 heteroatoms. The van der Waals surface area contributed by atoms with Crippen LogP contribution in [0.4, 0.5) is 18.9 Å². The van der Waals surface area contributed by atoms with Crippen molar-refractivity contribution in [2.24, 2.45) is 0 Å². The van der Waals surface area contributed by atoms with Crippen molar-refractivity contribution in [3.05, 3.63) is 57.8 Å². The molecule has 0 radical (unpaired) electrons. The van der Waals surface area contributed by atoms with Crippen molar-refractivity contribution in [3.8, 4) is 11.6 Å². The van der Waals surface area contributed by atoms with E-state index in [9.17, 15) is 23.3 Å². The summed E-state index contributed by atoms with van der Waals surface area (Å²) < 4.78 is 43.0. The van der Waals surface area contributed by atoms with Crippen LogP contribution in [-0.2, 0) is 6.18 Å². The van der Waals surface area contributed by atoms with Crippen LogP contribution in [0.3, 0.4) is 0 Å². The number of aromatic nitrogens is 1. The van der Waals surface area contributed by atoms with Gasteiger partial charge in [0.05, 0.1) is 10.5 Å². The minimum Gasteiger partial charge on any atom is -0.439 e. The molecular formula is C13H9F3N2O3. The quantitative estimate of drug-likeness (QED) is 0.632. The van der Waals surface area contributed by atoms with E-state index in [1.54, 1.807) is 0 Å². The van der Waals surface area contributed by atoms with E-state index < -0.39 is 16.7 Å². The van der Waals surface area contributed by atoms with Crippen molar-refractivity contribution < 1.29 is 22.8 Å². The van der Waals surface area contributed by atoms with Crippen LogP contribution in [-0.4, -0.2) is 9.91 Å². The molecule has 1 aromatic carbocycles. The van der Waals surface area contributed by atoms with Crippen molar-refractivity contribution in [2.45, 2.75) is 13.1 Å².